The average Bonchev–Trinajstić information content (AvgIpc) is 3.05. The van der Waals surface area contributed by atoms with Gasteiger partial charge in [-0.25, -0.2) is 18.4 Å². The van der Waals surface area contributed by atoms with Gasteiger partial charge in [0.1, 0.15) is 11.5 Å². The maximum atomic E-state index is 15.1. The Balaban J connectivity index is 1.42. The van der Waals surface area contributed by atoms with Gasteiger partial charge in [0.05, 0.1) is 26.4 Å². The summed E-state index contributed by atoms with van der Waals surface area (Å²) in [6.45, 7) is 8.55. The molecule has 0 amide bonds. The minimum atomic E-state index is -0.908. The summed E-state index contributed by atoms with van der Waals surface area (Å²) in [5.41, 5.74) is 1.45. The van der Waals surface area contributed by atoms with E-state index in [4.69, 9.17) is 18.9 Å². The number of ether oxygens (including phenoxy) is 4. The third kappa shape index (κ3) is 11.3. The van der Waals surface area contributed by atoms with E-state index < -0.39 is 23.6 Å². The Bertz CT molecular complexity index is 1250. The first kappa shape index (κ1) is 34.0. The van der Waals surface area contributed by atoms with Crippen LogP contribution in [0.5, 0.6) is 11.5 Å². The topological polar surface area (TPSA) is 71.1 Å². The molecular formula is C36H40F2O6. The van der Waals surface area contributed by atoms with Crippen LogP contribution in [0.15, 0.2) is 86.0 Å². The van der Waals surface area contributed by atoms with Crippen LogP contribution >= 0.6 is 0 Å². The summed E-state index contributed by atoms with van der Waals surface area (Å²) < 4.78 is 51.7. The predicted octanol–water partition coefficient (Wildman–Crippen LogP) is 8.64. The summed E-state index contributed by atoms with van der Waals surface area (Å²) in [6.07, 6.45) is 9.31. The molecule has 0 saturated heterocycles. The Morgan fingerprint density at radius 1 is 0.523 bits per heavy atom. The third-order valence-electron chi connectivity index (χ3n) is 6.85. The molecule has 0 fully saturated rings. The quantitative estimate of drug-likeness (QED) is 0.0729. The van der Waals surface area contributed by atoms with Gasteiger partial charge >= 0.3 is 11.9 Å². The first-order chi connectivity index (χ1) is 21.4. The van der Waals surface area contributed by atoms with Crippen LogP contribution in [0.25, 0.3) is 22.3 Å². The van der Waals surface area contributed by atoms with E-state index in [-0.39, 0.29) is 11.1 Å². The van der Waals surface area contributed by atoms with Crippen molar-refractivity contribution in [3.05, 3.63) is 97.6 Å². The minimum absolute atomic E-state index is 0.175. The molecule has 3 aromatic carbocycles. The van der Waals surface area contributed by atoms with Gasteiger partial charge in [-0.15, -0.1) is 0 Å². The van der Waals surface area contributed by atoms with Crippen molar-refractivity contribution in [1.82, 2.24) is 0 Å². The highest BCUT2D eigenvalue weighted by Crippen LogP contribution is 2.33. The molecule has 8 heteroatoms. The summed E-state index contributed by atoms with van der Waals surface area (Å²) in [5, 5.41) is 0. The van der Waals surface area contributed by atoms with Gasteiger partial charge in [0.15, 0.2) is 11.6 Å². The molecule has 0 saturated carbocycles. The number of rotatable bonds is 20. The Morgan fingerprint density at radius 3 is 1.20 bits per heavy atom. The summed E-state index contributed by atoms with van der Waals surface area (Å²) in [7, 11) is 0. The summed E-state index contributed by atoms with van der Waals surface area (Å²) in [6, 6.07) is 17.0. The van der Waals surface area contributed by atoms with Crippen molar-refractivity contribution >= 4 is 11.9 Å². The lowest BCUT2D eigenvalue weighted by molar-refractivity contribution is -0.138. The number of hydrogen-bond donors (Lipinski definition) is 0. The standard InChI is InChI=1S/C36H40F2O6/c1-3-33(39)43-25-11-7-5-9-23-41-29-17-13-27(14-18-29)31-21-22-32(36(38)35(31)37)28-15-19-30(20-16-28)42-24-10-6-8-12-26-44-34(40)4-2/h3-4,13-22H,1-2,5-12,23-26H2. The van der Waals surface area contributed by atoms with Gasteiger partial charge < -0.3 is 18.9 Å². The Kier molecular flexibility index (Phi) is 14.7. The van der Waals surface area contributed by atoms with Gasteiger partial charge in [0.25, 0.3) is 0 Å². The largest absolute Gasteiger partial charge is 0.494 e. The molecule has 6 nitrogen and oxygen atoms in total. The van der Waals surface area contributed by atoms with Crippen molar-refractivity contribution in [3.63, 3.8) is 0 Å². The minimum Gasteiger partial charge on any atom is -0.494 e. The van der Waals surface area contributed by atoms with Gasteiger partial charge in [-0.2, -0.15) is 0 Å². The van der Waals surface area contributed by atoms with Crippen LogP contribution in [-0.2, 0) is 19.1 Å². The van der Waals surface area contributed by atoms with E-state index in [0.29, 0.717) is 49.1 Å². The fraction of sp³-hybridized carbons (Fsp3) is 0.333. The maximum absolute atomic E-state index is 15.1. The molecule has 0 spiro atoms. The monoisotopic (exact) mass is 606 g/mol. The fourth-order valence-electron chi connectivity index (χ4n) is 4.42. The second kappa shape index (κ2) is 18.9. The smallest absolute Gasteiger partial charge is 0.330 e. The van der Waals surface area contributed by atoms with E-state index in [0.717, 1.165) is 63.5 Å². The first-order valence-electron chi connectivity index (χ1n) is 15.0. The van der Waals surface area contributed by atoms with Crippen molar-refractivity contribution < 1.29 is 37.3 Å². The van der Waals surface area contributed by atoms with E-state index in [1.807, 2.05) is 0 Å². The zero-order valence-electron chi connectivity index (χ0n) is 25.0. The van der Waals surface area contributed by atoms with Crippen molar-refractivity contribution in [2.75, 3.05) is 26.4 Å². The zero-order valence-corrected chi connectivity index (χ0v) is 25.0. The Labute approximate surface area is 258 Å². The number of hydrogen-bond acceptors (Lipinski definition) is 6. The van der Waals surface area contributed by atoms with Crippen LogP contribution in [0.4, 0.5) is 8.78 Å². The van der Waals surface area contributed by atoms with Crippen molar-refractivity contribution in [3.8, 4) is 33.8 Å². The molecule has 0 aliphatic rings. The summed E-state index contributed by atoms with van der Waals surface area (Å²) >= 11 is 0. The molecule has 0 heterocycles. The molecule has 0 aromatic heterocycles. The lowest BCUT2D eigenvalue weighted by Crippen LogP contribution is -2.02. The molecule has 0 aliphatic carbocycles. The highest BCUT2D eigenvalue weighted by Gasteiger charge is 2.16. The molecule has 3 aromatic rings. The summed E-state index contributed by atoms with van der Waals surface area (Å²) in [5.74, 6) is -1.33. The summed E-state index contributed by atoms with van der Waals surface area (Å²) in [4.78, 5) is 22.0. The molecule has 234 valence electrons. The van der Waals surface area contributed by atoms with Crippen molar-refractivity contribution in [2.24, 2.45) is 0 Å². The fourth-order valence-corrected chi connectivity index (χ4v) is 4.42. The van der Waals surface area contributed by atoms with Gasteiger partial charge in [0, 0.05) is 23.3 Å². The second-order valence-corrected chi connectivity index (χ2v) is 10.1. The Morgan fingerprint density at radius 2 is 0.864 bits per heavy atom. The van der Waals surface area contributed by atoms with Crippen LogP contribution in [0.2, 0.25) is 0 Å². The number of esters is 2. The van der Waals surface area contributed by atoms with Crippen LogP contribution in [0.3, 0.4) is 0 Å². The first-order valence-corrected chi connectivity index (χ1v) is 15.0. The molecule has 0 N–H and O–H groups in total. The number of halogens is 2. The average molecular weight is 607 g/mol. The van der Waals surface area contributed by atoms with Crippen LogP contribution in [0, 0.1) is 11.6 Å². The maximum Gasteiger partial charge on any atom is 0.330 e. The second-order valence-electron chi connectivity index (χ2n) is 10.1. The highest BCUT2D eigenvalue weighted by molar-refractivity contribution is 5.81. The van der Waals surface area contributed by atoms with Crippen LogP contribution < -0.4 is 9.47 Å². The van der Waals surface area contributed by atoms with E-state index >= 15 is 8.78 Å². The Hall–Kier alpha value is -4.46. The van der Waals surface area contributed by atoms with Gasteiger partial charge in [-0.05, 0) is 86.8 Å². The van der Waals surface area contributed by atoms with Crippen molar-refractivity contribution in [2.45, 2.75) is 51.4 Å². The van der Waals surface area contributed by atoms with Gasteiger partial charge in [-0.3, -0.25) is 0 Å². The van der Waals surface area contributed by atoms with Crippen LogP contribution in [-0.4, -0.2) is 38.4 Å². The number of carbonyl (C=O) groups is 2. The van der Waals surface area contributed by atoms with Crippen LogP contribution in [0.1, 0.15) is 51.4 Å². The van der Waals surface area contributed by atoms with E-state index in [1.165, 1.54) is 0 Å². The molecule has 0 radical (unpaired) electrons. The van der Waals surface area contributed by atoms with E-state index in [2.05, 4.69) is 13.2 Å². The molecule has 0 atom stereocenters. The molecule has 0 aliphatic heterocycles. The SMILES string of the molecule is C=CC(=O)OCCCCCCOc1ccc(-c2ccc(-c3ccc(OCCCCCCOC(=O)C=C)cc3)c(F)c2F)cc1. The third-order valence-corrected chi connectivity index (χ3v) is 6.85. The van der Waals surface area contributed by atoms with E-state index in [1.54, 1.807) is 60.7 Å². The van der Waals surface area contributed by atoms with E-state index in [9.17, 15) is 9.59 Å². The predicted molar refractivity (Wildman–Crippen MR) is 167 cm³/mol. The lowest BCUT2D eigenvalue weighted by Gasteiger charge is -2.11. The number of unbranched alkanes of at least 4 members (excludes halogenated alkanes) is 6. The molecular weight excluding hydrogens is 566 g/mol. The molecule has 44 heavy (non-hydrogen) atoms. The normalized spacial score (nSPS) is 10.6. The van der Waals surface area contributed by atoms with Gasteiger partial charge in [-0.1, -0.05) is 49.6 Å². The molecule has 0 unspecified atom stereocenters. The molecule has 3 rings (SSSR count). The highest BCUT2D eigenvalue weighted by atomic mass is 19.2. The number of benzene rings is 3. The lowest BCUT2D eigenvalue weighted by atomic mass is 9.98. The van der Waals surface area contributed by atoms with Crippen molar-refractivity contribution in [1.29, 1.82) is 0 Å². The molecule has 0 bridgehead atoms. The van der Waals surface area contributed by atoms with Gasteiger partial charge in [0.2, 0.25) is 0 Å². The zero-order chi connectivity index (χ0) is 31.6. The number of carbonyl (C=O) groups excluding carboxylic acids is 2.